The highest BCUT2D eigenvalue weighted by atomic mass is 35.5. The maximum Gasteiger partial charge on any atom is 0.266 e. The van der Waals surface area contributed by atoms with Crippen molar-refractivity contribution < 1.29 is 14.0 Å². The topological polar surface area (TPSA) is 62.6 Å². The van der Waals surface area contributed by atoms with E-state index in [1.807, 2.05) is 48.5 Å². The molecule has 0 atom stereocenters. The predicted octanol–water partition coefficient (Wildman–Crippen LogP) is 5.12. The summed E-state index contributed by atoms with van der Waals surface area (Å²) in [4.78, 5) is 26.8. The molecule has 1 aliphatic rings. The molecule has 0 unspecified atom stereocenters. The molecule has 1 aromatic heterocycles. The van der Waals surface area contributed by atoms with Gasteiger partial charge in [-0.3, -0.25) is 14.5 Å². The second-order valence-corrected chi connectivity index (χ2v) is 8.80. The molecule has 0 saturated carbocycles. The highest BCUT2D eigenvalue weighted by Crippen LogP contribution is 2.34. The minimum absolute atomic E-state index is 0.127. The summed E-state index contributed by atoms with van der Waals surface area (Å²) in [6.45, 7) is 0.263. The molecule has 8 heteroatoms. The van der Waals surface area contributed by atoms with E-state index in [1.165, 1.54) is 4.90 Å². The third kappa shape index (κ3) is 5.07. The van der Waals surface area contributed by atoms with Gasteiger partial charge in [0.1, 0.15) is 22.4 Å². The fourth-order valence-corrected chi connectivity index (χ4v) is 4.46. The van der Waals surface area contributed by atoms with Gasteiger partial charge in [0, 0.05) is 18.2 Å². The summed E-state index contributed by atoms with van der Waals surface area (Å²) in [6, 6.07) is 20.5. The van der Waals surface area contributed by atoms with Crippen LogP contribution in [-0.4, -0.2) is 27.6 Å². The lowest BCUT2D eigenvalue weighted by atomic mass is 10.2. The van der Waals surface area contributed by atoms with Gasteiger partial charge < -0.3 is 9.73 Å². The van der Waals surface area contributed by atoms with Gasteiger partial charge in [-0.05, 0) is 29.8 Å². The van der Waals surface area contributed by atoms with Gasteiger partial charge in [0.15, 0.2) is 0 Å². The number of hydrogen-bond donors (Lipinski definition) is 1. The van der Waals surface area contributed by atoms with Gasteiger partial charge in [-0.15, -0.1) is 0 Å². The molecule has 3 aromatic rings. The molecule has 0 bridgehead atoms. The maximum absolute atomic E-state index is 12.8. The fourth-order valence-electron chi connectivity index (χ4n) is 3.00. The van der Waals surface area contributed by atoms with Crippen molar-refractivity contribution in [2.75, 3.05) is 6.54 Å². The van der Waals surface area contributed by atoms with Crippen molar-refractivity contribution in [3.63, 3.8) is 0 Å². The zero-order chi connectivity index (χ0) is 21.8. The first-order valence-corrected chi connectivity index (χ1v) is 11.0. The molecule has 2 heterocycles. The summed E-state index contributed by atoms with van der Waals surface area (Å²) in [5.41, 5.74) is 1.75. The van der Waals surface area contributed by atoms with E-state index >= 15 is 0 Å². The van der Waals surface area contributed by atoms with Crippen LogP contribution < -0.4 is 5.32 Å². The molecular formula is C23H17ClN2O3S2. The summed E-state index contributed by atoms with van der Waals surface area (Å²) in [6.07, 6.45) is 1.63. The van der Waals surface area contributed by atoms with Crippen molar-refractivity contribution in [1.82, 2.24) is 10.2 Å². The Kier molecular flexibility index (Phi) is 6.56. The molecule has 156 valence electrons. The Morgan fingerprint density at radius 1 is 1.10 bits per heavy atom. The third-order valence-electron chi connectivity index (χ3n) is 4.55. The van der Waals surface area contributed by atoms with Crippen molar-refractivity contribution >= 4 is 57.8 Å². The van der Waals surface area contributed by atoms with Crippen LogP contribution in [0.2, 0.25) is 5.02 Å². The van der Waals surface area contributed by atoms with Gasteiger partial charge in [0.05, 0.1) is 9.93 Å². The van der Waals surface area contributed by atoms with Crippen LogP contribution in [0.5, 0.6) is 0 Å². The summed E-state index contributed by atoms with van der Waals surface area (Å²) in [5, 5.41) is 3.39. The Morgan fingerprint density at radius 2 is 1.84 bits per heavy atom. The molecule has 2 amide bonds. The Balaban J connectivity index is 1.41. The first-order valence-electron chi connectivity index (χ1n) is 9.42. The number of nitrogens with zero attached hydrogens (tertiary/aromatic N) is 1. The second-order valence-electron chi connectivity index (χ2n) is 6.71. The molecule has 0 radical (unpaired) electrons. The minimum Gasteiger partial charge on any atom is -0.457 e. The molecule has 0 aliphatic carbocycles. The number of halogens is 1. The standard InChI is InChI=1S/C23H17ClN2O3S2/c24-18-9-5-4-8-17(18)19-11-10-16(29-19)12-20-22(28)26(23(30)31-20)14-21(27)25-13-15-6-2-1-3-7-15/h1-12H,13-14H2,(H,25,27)/b20-12-. The highest BCUT2D eigenvalue weighted by Gasteiger charge is 2.33. The van der Waals surface area contributed by atoms with Gasteiger partial charge in [-0.25, -0.2) is 0 Å². The molecule has 1 saturated heterocycles. The number of hydrogen-bond acceptors (Lipinski definition) is 5. The SMILES string of the molecule is O=C(CN1C(=O)/C(=C/c2ccc(-c3ccccc3Cl)o2)SC1=S)NCc1ccccc1. The predicted molar refractivity (Wildman–Crippen MR) is 127 cm³/mol. The molecule has 31 heavy (non-hydrogen) atoms. The Hall–Kier alpha value is -2.87. The molecule has 4 rings (SSSR count). The number of amides is 2. The van der Waals surface area contributed by atoms with Crippen molar-refractivity contribution in [2.24, 2.45) is 0 Å². The summed E-state index contributed by atoms with van der Waals surface area (Å²) in [5.74, 6) is 0.512. The van der Waals surface area contributed by atoms with Crippen LogP contribution in [0.3, 0.4) is 0 Å². The van der Waals surface area contributed by atoms with Crippen LogP contribution in [-0.2, 0) is 16.1 Å². The quantitative estimate of drug-likeness (QED) is 0.402. The van der Waals surface area contributed by atoms with Crippen LogP contribution in [0, 0.1) is 0 Å². The van der Waals surface area contributed by atoms with Gasteiger partial charge in [0.2, 0.25) is 5.91 Å². The lowest BCUT2D eigenvalue weighted by molar-refractivity contribution is -0.128. The maximum atomic E-state index is 12.8. The van der Waals surface area contributed by atoms with Crippen LogP contribution >= 0.6 is 35.6 Å². The van der Waals surface area contributed by atoms with Crippen LogP contribution in [0.4, 0.5) is 0 Å². The number of furan rings is 1. The first-order chi connectivity index (χ1) is 15.0. The molecule has 0 spiro atoms. The van der Waals surface area contributed by atoms with Gasteiger partial charge >= 0.3 is 0 Å². The van der Waals surface area contributed by atoms with Crippen molar-refractivity contribution in [2.45, 2.75) is 6.54 Å². The number of thioether (sulfide) groups is 1. The van der Waals surface area contributed by atoms with Crippen LogP contribution in [0.1, 0.15) is 11.3 Å². The Morgan fingerprint density at radius 3 is 2.61 bits per heavy atom. The number of benzene rings is 2. The minimum atomic E-state index is -0.319. The number of thiocarbonyl (C=S) groups is 1. The monoisotopic (exact) mass is 468 g/mol. The van der Waals surface area contributed by atoms with E-state index in [9.17, 15) is 9.59 Å². The first kappa shape index (κ1) is 21.4. The fraction of sp³-hybridized carbons (Fsp3) is 0.0870. The van der Waals surface area contributed by atoms with E-state index in [0.717, 1.165) is 22.9 Å². The summed E-state index contributed by atoms with van der Waals surface area (Å²) >= 11 is 12.7. The zero-order valence-corrected chi connectivity index (χ0v) is 18.6. The van der Waals surface area contributed by atoms with Gasteiger partial charge in [-0.2, -0.15) is 0 Å². The molecule has 1 N–H and O–H groups in total. The van der Waals surface area contributed by atoms with E-state index in [0.29, 0.717) is 32.3 Å². The largest absolute Gasteiger partial charge is 0.457 e. The third-order valence-corrected chi connectivity index (χ3v) is 6.25. The summed E-state index contributed by atoms with van der Waals surface area (Å²) < 4.78 is 6.17. The van der Waals surface area contributed by atoms with Crippen molar-refractivity contribution in [1.29, 1.82) is 0 Å². The molecular weight excluding hydrogens is 452 g/mol. The molecule has 5 nitrogen and oxygen atoms in total. The Labute approximate surface area is 194 Å². The van der Waals surface area contributed by atoms with Gasteiger partial charge in [-0.1, -0.05) is 78.0 Å². The van der Waals surface area contributed by atoms with Crippen molar-refractivity contribution in [3.05, 3.63) is 88.0 Å². The van der Waals surface area contributed by atoms with E-state index in [2.05, 4.69) is 5.32 Å². The zero-order valence-electron chi connectivity index (χ0n) is 16.2. The van der Waals surface area contributed by atoms with E-state index in [4.69, 9.17) is 28.2 Å². The number of carbonyl (C=O) groups excluding carboxylic acids is 2. The van der Waals surface area contributed by atoms with Crippen LogP contribution in [0.25, 0.3) is 17.4 Å². The van der Waals surface area contributed by atoms with E-state index < -0.39 is 0 Å². The second kappa shape index (κ2) is 9.51. The van der Waals surface area contributed by atoms with Crippen LogP contribution in [0.15, 0.2) is 76.1 Å². The summed E-state index contributed by atoms with van der Waals surface area (Å²) in [7, 11) is 0. The highest BCUT2D eigenvalue weighted by molar-refractivity contribution is 8.26. The van der Waals surface area contributed by atoms with E-state index in [-0.39, 0.29) is 18.4 Å². The number of carbonyl (C=O) groups is 2. The molecule has 1 fully saturated rings. The normalized spacial score (nSPS) is 15.0. The molecule has 1 aliphatic heterocycles. The average molecular weight is 469 g/mol. The molecule has 2 aromatic carbocycles. The lowest BCUT2D eigenvalue weighted by Gasteiger charge is -2.14. The Bertz CT molecular complexity index is 1170. The van der Waals surface area contributed by atoms with Gasteiger partial charge in [0.25, 0.3) is 5.91 Å². The van der Waals surface area contributed by atoms with E-state index in [1.54, 1.807) is 24.3 Å². The smallest absolute Gasteiger partial charge is 0.266 e. The average Bonchev–Trinajstić information content (AvgIpc) is 3.33. The number of nitrogens with one attached hydrogen (secondary N) is 1. The lowest BCUT2D eigenvalue weighted by Crippen LogP contribution is -2.39. The van der Waals surface area contributed by atoms with Crippen molar-refractivity contribution in [3.8, 4) is 11.3 Å². The number of rotatable bonds is 6.